The van der Waals surface area contributed by atoms with E-state index in [0.717, 1.165) is 5.56 Å². The van der Waals surface area contributed by atoms with Crippen molar-refractivity contribution in [1.29, 1.82) is 0 Å². The minimum absolute atomic E-state index is 0.250. The minimum Gasteiger partial charge on any atom is -0.453 e. The summed E-state index contributed by atoms with van der Waals surface area (Å²) in [6.45, 7) is 0.543. The van der Waals surface area contributed by atoms with Gasteiger partial charge in [0.15, 0.2) is 12.4 Å². The molecule has 2 aliphatic heterocycles. The first kappa shape index (κ1) is 17.2. The van der Waals surface area contributed by atoms with E-state index in [4.69, 9.17) is 18.9 Å². The van der Waals surface area contributed by atoms with Crippen molar-refractivity contribution >= 4 is 5.97 Å². The SMILES string of the molecule is O=C(O[C@H]1[C@H](OCc2ccccc2)[C@H](O)[C@H]2OC[C@@H]1O2)c1ccccc1. The molecule has 0 aliphatic carbocycles. The molecule has 2 fully saturated rings. The highest BCUT2D eigenvalue weighted by atomic mass is 16.8. The Bertz CT molecular complexity index is 734. The number of carbonyl (C=O) groups is 1. The molecule has 6 heteroatoms. The molecule has 6 nitrogen and oxygen atoms in total. The van der Waals surface area contributed by atoms with E-state index in [1.807, 2.05) is 36.4 Å². The van der Waals surface area contributed by atoms with Crippen LogP contribution in [0.2, 0.25) is 0 Å². The molecule has 0 radical (unpaired) electrons. The number of esters is 1. The molecule has 0 spiro atoms. The van der Waals surface area contributed by atoms with E-state index in [0.29, 0.717) is 12.2 Å². The summed E-state index contributed by atoms with van der Waals surface area (Å²) in [5.74, 6) is -0.481. The number of carbonyl (C=O) groups excluding carboxylic acids is 1. The van der Waals surface area contributed by atoms with Gasteiger partial charge in [-0.2, -0.15) is 0 Å². The van der Waals surface area contributed by atoms with Gasteiger partial charge in [0.1, 0.15) is 18.3 Å². The summed E-state index contributed by atoms with van der Waals surface area (Å²) in [5.41, 5.74) is 1.40. The number of rotatable bonds is 5. The molecule has 2 heterocycles. The van der Waals surface area contributed by atoms with Crippen LogP contribution in [-0.2, 0) is 25.6 Å². The van der Waals surface area contributed by atoms with Gasteiger partial charge >= 0.3 is 5.97 Å². The van der Waals surface area contributed by atoms with Crippen LogP contribution in [0.15, 0.2) is 60.7 Å². The standard InChI is InChI=1S/C20H20O6/c21-16-18(23-11-13-7-3-1-4-8-13)17(15-12-24-20(16)25-15)26-19(22)14-9-5-2-6-10-14/h1-10,15-18,20-21H,11-12H2/t15-,16-,17+,18+,20-/m0/s1. The summed E-state index contributed by atoms with van der Waals surface area (Å²) in [6, 6.07) is 18.3. The second kappa shape index (κ2) is 7.55. The molecular formula is C20H20O6. The Morgan fingerprint density at radius 1 is 1.04 bits per heavy atom. The van der Waals surface area contributed by atoms with Gasteiger partial charge in [0.25, 0.3) is 0 Å². The molecule has 136 valence electrons. The molecule has 0 aromatic heterocycles. The van der Waals surface area contributed by atoms with Crippen LogP contribution in [0.3, 0.4) is 0 Å². The van der Waals surface area contributed by atoms with Gasteiger partial charge in [-0.3, -0.25) is 0 Å². The molecule has 2 aromatic rings. The Hall–Kier alpha value is -2.25. The summed E-state index contributed by atoms with van der Waals surface area (Å²) in [7, 11) is 0. The fraction of sp³-hybridized carbons (Fsp3) is 0.350. The van der Waals surface area contributed by atoms with Crippen molar-refractivity contribution in [2.75, 3.05) is 6.61 Å². The maximum atomic E-state index is 12.5. The van der Waals surface area contributed by atoms with E-state index in [-0.39, 0.29) is 6.61 Å². The molecule has 1 N–H and O–H groups in total. The largest absolute Gasteiger partial charge is 0.453 e. The van der Waals surface area contributed by atoms with Gasteiger partial charge in [-0.15, -0.1) is 0 Å². The Kier molecular flexibility index (Phi) is 4.99. The van der Waals surface area contributed by atoms with Crippen molar-refractivity contribution in [3.63, 3.8) is 0 Å². The van der Waals surface area contributed by atoms with Crippen LogP contribution >= 0.6 is 0 Å². The zero-order chi connectivity index (χ0) is 17.9. The van der Waals surface area contributed by atoms with Crippen molar-refractivity contribution in [1.82, 2.24) is 0 Å². The van der Waals surface area contributed by atoms with E-state index in [9.17, 15) is 9.90 Å². The van der Waals surface area contributed by atoms with E-state index in [2.05, 4.69) is 0 Å². The maximum Gasteiger partial charge on any atom is 0.338 e. The number of aliphatic hydroxyl groups is 1. The lowest BCUT2D eigenvalue weighted by molar-refractivity contribution is -0.242. The maximum absolute atomic E-state index is 12.5. The van der Waals surface area contributed by atoms with Gasteiger partial charge < -0.3 is 24.1 Å². The highest BCUT2D eigenvalue weighted by Gasteiger charge is 2.52. The van der Waals surface area contributed by atoms with Crippen LogP contribution < -0.4 is 0 Å². The van der Waals surface area contributed by atoms with Crippen LogP contribution in [0, 0.1) is 0 Å². The fourth-order valence-electron chi connectivity index (χ4n) is 3.22. The summed E-state index contributed by atoms with van der Waals surface area (Å²) in [5, 5.41) is 10.5. The van der Waals surface area contributed by atoms with Crippen molar-refractivity contribution in [2.45, 2.75) is 37.3 Å². The third-order valence-corrected chi connectivity index (χ3v) is 4.58. The highest BCUT2D eigenvalue weighted by Crippen LogP contribution is 2.32. The van der Waals surface area contributed by atoms with Crippen molar-refractivity contribution in [3.05, 3.63) is 71.8 Å². The summed E-state index contributed by atoms with van der Waals surface area (Å²) < 4.78 is 22.6. The Morgan fingerprint density at radius 3 is 2.46 bits per heavy atom. The number of fused-ring (bicyclic) bond motifs is 2. The van der Waals surface area contributed by atoms with Gasteiger partial charge in [-0.25, -0.2) is 4.79 Å². The minimum atomic E-state index is -1.04. The van der Waals surface area contributed by atoms with Gasteiger partial charge in [-0.05, 0) is 17.7 Å². The van der Waals surface area contributed by atoms with Crippen molar-refractivity contribution < 1.29 is 28.8 Å². The molecule has 0 amide bonds. The second-order valence-electron chi connectivity index (χ2n) is 6.36. The molecule has 2 aromatic carbocycles. The van der Waals surface area contributed by atoms with Crippen LogP contribution in [-0.4, -0.2) is 48.4 Å². The van der Waals surface area contributed by atoms with E-state index in [1.54, 1.807) is 24.3 Å². The predicted octanol–water partition coefficient (Wildman–Crippen LogP) is 1.91. The van der Waals surface area contributed by atoms with Crippen LogP contribution in [0.5, 0.6) is 0 Å². The lowest BCUT2D eigenvalue weighted by Gasteiger charge is -2.37. The lowest BCUT2D eigenvalue weighted by Crippen LogP contribution is -2.56. The number of hydrogen-bond donors (Lipinski definition) is 1. The first-order valence-corrected chi connectivity index (χ1v) is 8.59. The Morgan fingerprint density at radius 2 is 1.73 bits per heavy atom. The smallest absolute Gasteiger partial charge is 0.338 e. The first-order chi connectivity index (χ1) is 12.7. The van der Waals surface area contributed by atoms with Gasteiger partial charge in [0.2, 0.25) is 0 Å². The second-order valence-corrected chi connectivity index (χ2v) is 6.36. The zero-order valence-corrected chi connectivity index (χ0v) is 14.1. The molecule has 5 atom stereocenters. The topological polar surface area (TPSA) is 74.2 Å². The average molecular weight is 356 g/mol. The number of ether oxygens (including phenoxy) is 4. The Balaban J connectivity index is 1.50. The van der Waals surface area contributed by atoms with E-state index >= 15 is 0 Å². The van der Waals surface area contributed by atoms with E-state index < -0.39 is 36.7 Å². The molecule has 2 bridgehead atoms. The molecule has 2 saturated heterocycles. The van der Waals surface area contributed by atoms with Crippen LogP contribution in [0.25, 0.3) is 0 Å². The van der Waals surface area contributed by atoms with Gasteiger partial charge in [0, 0.05) is 0 Å². The van der Waals surface area contributed by atoms with Crippen molar-refractivity contribution in [3.8, 4) is 0 Å². The number of benzene rings is 2. The Labute approximate surface area is 151 Å². The quantitative estimate of drug-likeness (QED) is 0.825. The molecule has 26 heavy (non-hydrogen) atoms. The summed E-state index contributed by atoms with van der Waals surface area (Å²) in [4.78, 5) is 12.5. The third kappa shape index (κ3) is 3.50. The van der Waals surface area contributed by atoms with E-state index in [1.165, 1.54) is 0 Å². The molecule has 0 unspecified atom stereocenters. The number of aliphatic hydroxyl groups excluding tert-OH is 1. The normalized spacial score (nSPS) is 30.1. The molecule has 4 rings (SSSR count). The van der Waals surface area contributed by atoms with Crippen LogP contribution in [0.1, 0.15) is 15.9 Å². The first-order valence-electron chi connectivity index (χ1n) is 8.59. The summed E-state index contributed by atoms with van der Waals surface area (Å²) in [6.07, 6.45) is -3.73. The predicted molar refractivity (Wildman–Crippen MR) is 91.3 cm³/mol. The van der Waals surface area contributed by atoms with Gasteiger partial charge in [-0.1, -0.05) is 48.5 Å². The highest BCUT2D eigenvalue weighted by molar-refractivity contribution is 5.89. The van der Waals surface area contributed by atoms with Crippen LogP contribution in [0.4, 0.5) is 0 Å². The zero-order valence-electron chi connectivity index (χ0n) is 14.1. The van der Waals surface area contributed by atoms with Gasteiger partial charge in [0.05, 0.1) is 18.8 Å². The molecular weight excluding hydrogens is 336 g/mol. The molecule has 2 aliphatic rings. The fourth-order valence-corrected chi connectivity index (χ4v) is 3.22. The monoisotopic (exact) mass is 356 g/mol. The average Bonchev–Trinajstić information content (AvgIpc) is 3.14. The number of hydrogen-bond acceptors (Lipinski definition) is 6. The van der Waals surface area contributed by atoms with Crippen molar-refractivity contribution in [2.24, 2.45) is 0 Å². The third-order valence-electron chi connectivity index (χ3n) is 4.58. The lowest BCUT2D eigenvalue weighted by atomic mass is 10.00. The molecule has 0 saturated carbocycles. The summed E-state index contributed by atoms with van der Waals surface area (Å²) >= 11 is 0.